The van der Waals surface area contributed by atoms with Crippen molar-refractivity contribution in [3.05, 3.63) is 24.1 Å². The number of rotatable bonds is 2. The Hall–Kier alpha value is -2.70. The Balaban J connectivity index is 2.02. The zero-order valence-corrected chi connectivity index (χ0v) is 12.6. The summed E-state index contributed by atoms with van der Waals surface area (Å²) in [6.07, 6.45) is 3.11. The predicted molar refractivity (Wildman–Crippen MR) is 82.9 cm³/mol. The van der Waals surface area contributed by atoms with Gasteiger partial charge in [0.25, 0.3) is 0 Å². The van der Waals surface area contributed by atoms with Crippen LogP contribution in [0.5, 0.6) is 0 Å². The number of carbonyl (C=O) groups is 1. The molecular weight excluding hydrogens is 282 g/mol. The number of aromatic nitrogens is 2. The largest absolute Gasteiger partial charge is 0.463 e. The smallest absolute Gasteiger partial charge is 0.235 e. The quantitative estimate of drug-likeness (QED) is 0.882. The number of nitrogens with two attached hydrogens (primary N) is 1. The third kappa shape index (κ3) is 2.57. The van der Waals surface area contributed by atoms with Gasteiger partial charge in [-0.1, -0.05) is 0 Å². The van der Waals surface area contributed by atoms with Crippen molar-refractivity contribution < 1.29 is 9.21 Å². The van der Waals surface area contributed by atoms with Gasteiger partial charge in [0.05, 0.1) is 12.0 Å². The van der Waals surface area contributed by atoms with Gasteiger partial charge in [0, 0.05) is 11.8 Å². The molecule has 7 nitrogen and oxygen atoms in total. The summed E-state index contributed by atoms with van der Waals surface area (Å²) in [7, 11) is 0. The second-order valence-corrected chi connectivity index (χ2v) is 6.14. The molecule has 0 spiro atoms. The van der Waals surface area contributed by atoms with Crippen molar-refractivity contribution >= 4 is 23.8 Å². The number of hydrogen-bond donors (Lipinski definition) is 2. The minimum atomic E-state index is -0.576. The van der Waals surface area contributed by atoms with Crippen molar-refractivity contribution in [1.29, 1.82) is 0 Å². The molecule has 3 rings (SSSR count). The molecule has 7 heteroatoms. The fraction of sp³-hybridized carbons (Fsp3) is 0.333. The van der Waals surface area contributed by atoms with Crippen molar-refractivity contribution in [3.8, 4) is 11.5 Å². The topological polar surface area (TPSA) is 106 Å². The molecule has 22 heavy (non-hydrogen) atoms. The molecule has 0 bridgehead atoms. The predicted octanol–water partition coefficient (Wildman–Crippen LogP) is 2.03. The van der Waals surface area contributed by atoms with Gasteiger partial charge in [-0.2, -0.15) is 0 Å². The van der Waals surface area contributed by atoms with E-state index in [-0.39, 0.29) is 17.4 Å². The molecule has 0 saturated carbocycles. The number of anilines is 1. The van der Waals surface area contributed by atoms with Gasteiger partial charge in [-0.25, -0.2) is 9.97 Å². The molecule has 114 valence electrons. The molecule has 3 N–H and O–H groups in total. The minimum Gasteiger partial charge on any atom is -0.463 e. The number of furan rings is 1. The third-order valence-corrected chi connectivity index (χ3v) is 3.11. The van der Waals surface area contributed by atoms with E-state index in [2.05, 4.69) is 20.3 Å². The molecule has 0 fully saturated rings. The highest BCUT2D eigenvalue weighted by molar-refractivity contribution is 6.04. The lowest BCUT2D eigenvalue weighted by atomic mass is 10.0. The third-order valence-electron chi connectivity index (χ3n) is 3.11. The lowest BCUT2D eigenvalue weighted by Crippen LogP contribution is -2.43. The summed E-state index contributed by atoms with van der Waals surface area (Å²) >= 11 is 0. The van der Waals surface area contributed by atoms with E-state index in [0.717, 1.165) is 0 Å². The number of carbonyl (C=O) groups excluding carboxylic acids is 1. The van der Waals surface area contributed by atoms with E-state index < -0.39 is 5.92 Å². The van der Waals surface area contributed by atoms with E-state index in [1.165, 1.54) is 0 Å². The summed E-state index contributed by atoms with van der Waals surface area (Å²) in [4.78, 5) is 25.1. The number of nitrogen functional groups attached to an aromatic ring is 1. The Bertz CT molecular complexity index is 744. The zero-order valence-electron chi connectivity index (χ0n) is 12.6. The molecule has 2 aromatic heterocycles. The van der Waals surface area contributed by atoms with E-state index >= 15 is 0 Å². The molecule has 2 aromatic rings. The summed E-state index contributed by atoms with van der Waals surface area (Å²) in [5.41, 5.74) is 6.96. The van der Waals surface area contributed by atoms with Crippen LogP contribution in [0.1, 0.15) is 32.4 Å². The lowest BCUT2D eigenvalue weighted by Gasteiger charge is -2.22. The maximum absolute atomic E-state index is 12.4. The second-order valence-electron chi connectivity index (χ2n) is 6.14. The van der Waals surface area contributed by atoms with Gasteiger partial charge in [-0.05, 0) is 32.9 Å². The van der Waals surface area contributed by atoms with Crippen LogP contribution in [0.3, 0.4) is 0 Å². The monoisotopic (exact) mass is 299 g/mol. The number of fused-ring (bicyclic) bond motifs is 1. The number of nitrogens with zero attached hydrogens (tertiary/aromatic N) is 3. The SMILES string of the molecule is CC(C)(C)NC(=O)C1C=Nc2c(-c3ccco3)nc(N)nc21. The fourth-order valence-electron chi connectivity index (χ4n) is 2.28. The van der Waals surface area contributed by atoms with Crippen molar-refractivity contribution in [2.45, 2.75) is 32.2 Å². The van der Waals surface area contributed by atoms with Gasteiger partial charge in [-0.15, -0.1) is 0 Å². The minimum absolute atomic E-state index is 0.0872. The van der Waals surface area contributed by atoms with Crippen LogP contribution in [-0.4, -0.2) is 27.6 Å². The number of nitrogens with one attached hydrogen (secondary N) is 1. The van der Waals surface area contributed by atoms with Gasteiger partial charge in [0.15, 0.2) is 5.76 Å². The first-order valence-electron chi connectivity index (χ1n) is 6.92. The number of amides is 1. The zero-order chi connectivity index (χ0) is 15.9. The van der Waals surface area contributed by atoms with Crippen LogP contribution in [-0.2, 0) is 4.79 Å². The van der Waals surface area contributed by atoms with E-state index in [9.17, 15) is 4.79 Å². The van der Waals surface area contributed by atoms with Crippen molar-refractivity contribution in [3.63, 3.8) is 0 Å². The molecule has 1 unspecified atom stereocenters. The Labute approximate surface area is 127 Å². The van der Waals surface area contributed by atoms with Gasteiger partial charge >= 0.3 is 0 Å². The first-order chi connectivity index (χ1) is 10.3. The normalized spacial score (nSPS) is 16.6. The molecular formula is C15H17N5O2. The molecule has 1 atom stereocenters. The first kappa shape index (κ1) is 14.2. The van der Waals surface area contributed by atoms with Gasteiger partial charge in [0.1, 0.15) is 17.3 Å². The number of aliphatic imine (C=N–C) groups is 1. The van der Waals surface area contributed by atoms with Gasteiger partial charge in [-0.3, -0.25) is 9.79 Å². The Kier molecular flexibility index (Phi) is 3.20. The van der Waals surface area contributed by atoms with Crippen molar-refractivity contribution in [1.82, 2.24) is 15.3 Å². The maximum Gasteiger partial charge on any atom is 0.235 e. The van der Waals surface area contributed by atoms with Crippen LogP contribution in [0.4, 0.5) is 11.6 Å². The van der Waals surface area contributed by atoms with Gasteiger partial charge in [0.2, 0.25) is 11.9 Å². The van der Waals surface area contributed by atoms with Crippen LogP contribution in [0.25, 0.3) is 11.5 Å². The van der Waals surface area contributed by atoms with Crippen LogP contribution in [0.2, 0.25) is 0 Å². The average molecular weight is 299 g/mol. The highest BCUT2D eigenvalue weighted by atomic mass is 16.3. The Morgan fingerprint density at radius 2 is 2.14 bits per heavy atom. The summed E-state index contributed by atoms with van der Waals surface area (Å²) < 4.78 is 5.36. The summed E-state index contributed by atoms with van der Waals surface area (Å²) in [6, 6.07) is 3.52. The van der Waals surface area contributed by atoms with E-state index in [1.54, 1.807) is 24.6 Å². The number of hydrogen-bond acceptors (Lipinski definition) is 6. The summed E-state index contributed by atoms with van der Waals surface area (Å²) in [5, 5.41) is 2.92. The molecule has 1 aliphatic heterocycles. The first-order valence-corrected chi connectivity index (χ1v) is 6.92. The average Bonchev–Trinajstić information content (AvgIpc) is 3.04. The maximum atomic E-state index is 12.4. The molecule has 0 aromatic carbocycles. The van der Waals surface area contributed by atoms with E-state index in [4.69, 9.17) is 10.2 Å². The molecule has 0 saturated heterocycles. The highest BCUT2D eigenvalue weighted by Crippen LogP contribution is 2.39. The van der Waals surface area contributed by atoms with E-state index in [0.29, 0.717) is 22.8 Å². The highest BCUT2D eigenvalue weighted by Gasteiger charge is 2.32. The molecule has 3 heterocycles. The molecule has 0 radical (unpaired) electrons. The standard InChI is InChI=1S/C15H17N5O2/c1-15(2,3)20-13(21)8-7-17-12-10(8)18-14(16)19-11(12)9-5-4-6-22-9/h4-8H,1-3H3,(H,20,21)(H2,16,18,19). The van der Waals surface area contributed by atoms with Crippen LogP contribution in [0, 0.1) is 0 Å². The molecule has 1 amide bonds. The van der Waals surface area contributed by atoms with Gasteiger partial charge < -0.3 is 15.5 Å². The summed E-state index contributed by atoms with van der Waals surface area (Å²) in [6.45, 7) is 5.75. The second kappa shape index (κ2) is 4.94. The lowest BCUT2D eigenvalue weighted by molar-refractivity contribution is -0.122. The Morgan fingerprint density at radius 1 is 1.36 bits per heavy atom. The fourth-order valence-corrected chi connectivity index (χ4v) is 2.28. The van der Waals surface area contributed by atoms with E-state index in [1.807, 2.05) is 20.8 Å². The van der Waals surface area contributed by atoms with Crippen LogP contribution < -0.4 is 11.1 Å². The van der Waals surface area contributed by atoms with Crippen LogP contribution in [0.15, 0.2) is 27.8 Å². The van der Waals surface area contributed by atoms with Crippen molar-refractivity contribution in [2.75, 3.05) is 5.73 Å². The summed E-state index contributed by atoms with van der Waals surface area (Å²) in [5.74, 6) is -0.115. The molecule has 1 aliphatic rings. The molecule has 0 aliphatic carbocycles. The van der Waals surface area contributed by atoms with Crippen LogP contribution >= 0.6 is 0 Å². The van der Waals surface area contributed by atoms with Crippen molar-refractivity contribution in [2.24, 2.45) is 4.99 Å². The Morgan fingerprint density at radius 3 is 2.77 bits per heavy atom.